The number of hydrogen-bond acceptors (Lipinski definition) is 2. The van der Waals surface area contributed by atoms with Gasteiger partial charge in [0.2, 0.25) is 0 Å². The Labute approximate surface area is 117 Å². The van der Waals surface area contributed by atoms with Gasteiger partial charge in [-0.15, -0.1) is 0 Å². The third kappa shape index (κ3) is 4.32. The van der Waals surface area contributed by atoms with E-state index in [2.05, 4.69) is 42.7 Å². The molecule has 1 saturated carbocycles. The summed E-state index contributed by atoms with van der Waals surface area (Å²) in [7, 11) is 0. The average molecular weight is 260 g/mol. The normalized spacial score (nSPS) is 23.3. The molecule has 2 heteroatoms. The van der Waals surface area contributed by atoms with E-state index >= 15 is 0 Å². The maximum Gasteiger partial charge on any atom is 0.0244 e. The second kappa shape index (κ2) is 7.66. The first-order chi connectivity index (χ1) is 9.36. The summed E-state index contributed by atoms with van der Waals surface area (Å²) in [4.78, 5) is 0. The minimum Gasteiger partial charge on any atom is -0.271 e. The Morgan fingerprint density at radius 3 is 2.58 bits per heavy atom. The second-order valence-electron chi connectivity index (χ2n) is 5.89. The van der Waals surface area contributed by atoms with Gasteiger partial charge in [-0.05, 0) is 30.2 Å². The van der Waals surface area contributed by atoms with E-state index in [9.17, 15) is 0 Å². The highest BCUT2D eigenvalue weighted by atomic mass is 15.2. The summed E-state index contributed by atoms with van der Waals surface area (Å²) in [6.07, 6.45) is 9.26. The first kappa shape index (κ1) is 14.5. The monoisotopic (exact) mass is 260 g/mol. The van der Waals surface area contributed by atoms with E-state index in [-0.39, 0.29) is 0 Å². The summed E-state index contributed by atoms with van der Waals surface area (Å²) >= 11 is 0. The minimum atomic E-state index is 0.506. The van der Waals surface area contributed by atoms with Gasteiger partial charge in [0.15, 0.2) is 0 Å². The van der Waals surface area contributed by atoms with E-state index in [0.29, 0.717) is 6.04 Å². The highest BCUT2D eigenvalue weighted by Gasteiger charge is 2.42. The number of hydrazine groups is 1. The number of rotatable bonds is 9. The third-order valence-corrected chi connectivity index (χ3v) is 4.42. The van der Waals surface area contributed by atoms with Gasteiger partial charge in [0.1, 0.15) is 0 Å². The summed E-state index contributed by atoms with van der Waals surface area (Å²) in [6.45, 7) is 2.26. The lowest BCUT2D eigenvalue weighted by Crippen LogP contribution is -2.37. The van der Waals surface area contributed by atoms with E-state index in [4.69, 9.17) is 5.84 Å². The fraction of sp³-hybridized carbons (Fsp3) is 0.647. The van der Waals surface area contributed by atoms with Gasteiger partial charge >= 0.3 is 0 Å². The minimum absolute atomic E-state index is 0.506. The lowest BCUT2D eigenvalue weighted by atomic mass is 10.00. The van der Waals surface area contributed by atoms with Crippen LogP contribution in [-0.4, -0.2) is 6.04 Å². The highest BCUT2D eigenvalue weighted by Crippen LogP contribution is 2.50. The molecule has 2 nitrogen and oxygen atoms in total. The molecule has 3 N–H and O–H groups in total. The average Bonchev–Trinajstić information content (AvgIpc) is 3.24. The summed E-state index contributed by atoms with van der Waals surface area (Å²) in [5.41, 5.74) is 4.54. The van der Waals surface area contributed by atoms with Crippen LogP contribution in [0.3, 0.4) is 0 Å². The van der Waals surface area contributed by atoms with Crippen molar-refractivity contribution in [2.45, 2.75) is 63.8 Å². The van der Waals surface area contributed by atoms with Crippen LogP contribution >= 0.6 is 0 Å². The summed E-state index contributed by atoms with van der Waals surface area (Å²) in [6, 6.07) is 11.4. The Morgan fingerprint density at radius 1 is 1.16 bits per heavy atom. The molecule has 0 radical (unpaired) electrons. The second-order valence-corrected chi connectivity index (χ2v) is 5.89. The molecule has 0 amide bonds. The number of nitrogens with one attached hydrogen (secondary N) is 1. The van der Waals surface area contributed by atoms with Crippen LogP contribution < -0.4 is 11.3 Å². The van der Waals surface area contributed by atoms with Crippen LogP contribution in [0.15, 0.2) is 30.3 Å². The van der Waals surface area contributed by atoms with Gasteiger partial charge in [-0.2, -0.15) is 0 Å². The predicted molar refractivity (Wildman–Crippen MR) is 81.8 cm³/mol. The molecule has 0 bridgehead atoms. The predicted octanol–water partition coefficient (Wildman–Crippen LogP) is 3.98. The van der Waals surface area contributed by atoms with E-state index in [0.717, 1.165) is 11.8 Å². The molecule has 1 aromatic rings. The molecular weight excluding hydrogens is 232 g/mol. The number of hydrogen-bond donors (Lipinski definition) is 2. The lowest BCUT2D eigenvalue weighted by Gasteiger charge is -2.16. The molecule has 106 valence electrons. The van der Waals surface area contributed by atoms with Gasteiger partial charge in [-0.25, -0.2) is 0 Å². The van der Waals surface area contributed by atoms with Crippen molar-refractivity contribution in [3.63, 3.8) is 0 Å². The van der Waals surface area contributed by atoms with Crippen LogP contribution in [0.2, 0.25) is 0 Å². The van der Waals surface area contributed by atoms with Crippen molar-refractivity contribution < 1.29 is 0 Å². The van der Waals surface area contributed by atoms with Gasteiger partial charge in [0, 0.05) is 6.04 Å². The first-order valence-electron chi connectivity index (χ1n) is 7.88. The van der Waals surface area contributed by atoms with Gasteiger partial charge < -0.3 is 0 Å². The first-order valence-corrected chi connectivity index (χ1v) is 7.88. The molecular formula is C17H28N2. The Balaban J connectivity index is 1.72. The van der Waals surface area contributed by atoms with Crippen molar-refractivity contribution in [3.8, 4) is 0 Å². The van der Waals surface area contributed by atoms with Crippen molar-refractivity contribution in [1.29, 1.82) is 0 Å². The molecule has 1 fully saturated rings. The van der Waals surface area contributed by atoms with Crippen LogP contribution in [0.25, 0.3) is 0 Å². The Bertz CT molecular complexity index is 350. The zero-order valence-corrected chi connectivity index (χ0v) is 12.1. The molecule has 1 aliphatic carbocycles. The molecule has 2 rings (SSSR count). The summed E-state index contributed by atoms with van der Waals surface area (Å²) in [5.74, 6) is 7.23. The summed E-state index contributed by atoms with van der Waals surface area (Å²) in [5, 5.41) is 0. The van der Waals surface area contributed by atoms with Gasteiger partial charge in [-0.1, -0.05) is 69.4 Å². The maximum absolute atomic E-state index is 5.74. The molecule has 0 heterocycles. The largest absolute Gasteiger partial charge is 0.271 e. The van der Waals surface area contributed by atoms with Crippen molar-refractivity contribution in [1.82, 2.24) is 5.43 Å². The number of unbranched alkanes of at least 4 members (excludes halogenated alkanes) is 4. The lowest BCUT2D eigenvalue weighted by molar-refractivity contribution is 0.417. The molecule has 0 spiro atoms. The van der Waals surface area contributed by atoms with E-state index in [1.165, 1.54) is 50.5 Å². The van der Waals surface area contributed by atoms with Crippen LogP contribution in [0, 0.1) is 5.92 Å². The molecule has 0 saturated heterocycles. The van der Waals surface area contributed by atoms with Crippen molar-refractivity contribution in [2.75, 3.05) is 0 Å². The molecule has 1 aliphatic rings. The number of benzene rings is 1. The zero-order chi connectivity index (χ0) is 13.5. The van der Waals surface area contributed by atoms with E-state index in [1.54, 1.807) is 0 Å². The fourth-order valence-electron chi connectivity index (χ4n) is 3.13. The van der Waals surface area contributed by atoms with Crippen LogP contribution in [-0.2, 0) is 0 Å². The molecule has 0 aliphatic heterocycles. The number of nitrogens with two attached hydrogens (primary N) is 1. The maximum atomic E-state index is 5.74. The Hall–Kier alpha value is -0.860. The van der Waals surface area contributed by atoms with Crippen molar-refractivity contribution >= 4 is 0 Å². The van der Waals surface area contributed by atoms with E-state index in [1.807, 2.05) is 0 Å². The van der Waals surface area contributed by atoms with E-state index < -0.39 is 0 Å². The van der Waals surface area contributed by atoms with Gasteiger partial charge in [0.25, 0.3) is 0 Å². The topological polar surface area (TPSA) is 38.0 Å². The van der Waals surface area contributed by atoms with Crippen molar-refractivity contribution in [2.24, 2.45) is 11.8 Å². The van der Waals surface area contributed by atoms with Gasteiger partial charge in [0.05, 0.1) is 0 Å². The smallest absolute Gasteiger partial charge is 0.0244 e. The molecule has 3 atom stereocenters. The fourth-order valence-corrected chi connectivity index (χ4v) is 3.13. The third-order valence-electron chi connectivity index (χ3n) is 4.42. The zero-order valence-electron chi connectivity index (χ0n) is 12.1. The molecule has 0 aromatic heterocycles. The van der Waals surface area contributed by atoms with Gasteiger partial charge in [-0.3, -0.25) is 11.3 Å². The van der Waals surface area contributed by atoms with Crippen LogP contribution in [0.5, 0.6) is 0 Å². The van der Waals surface area contributed by atoms with Crippen LogP contribution in [0.1, 0.15) is 63.4 Å². The molecule has 1 aromatic carbocycles. The SMILES string of the molecule is CCCCCCCC(NN)C1CC1c1ccccc1. The Kier molecular flexibility index (Phi) is 5.87. The Morgan fingerprint density at radius 2 is 1.89 bits per heavy atom. The highest BCUT2D eigenvalue weighted by molar-refractivity contribution is 5.26. The molecule has 19 heavy (non-hydrogen) atoms. The quantitative estimate of drug-likeness (QED) is 0.400. The van der Waals surface area contributed by atoms with Crippen molar-refractivity contribution in [3.05, 3.63) is 35.9 Å². The standard InChI is InChI=1S/C17H28N2/c1-2-3-4-5-9-12-17(19-18)16-13-15(16)14-10-7-6-8-11-14/h6-8,10-11,15-17,19H,2-5,9,12-13,18H2,1H3. The summed E-state index contributed by atoms with van der Waals surface area (Å²) < 4.78 is 0. The van der Waals surface area contributed by atoms with Crippen LogP contribution in [0.4, 0.5) is 0 Å². The molecule has 3 unspecified atom stereocenters.